The van der Waals surface area contributed by atoms with Crippen LogP contribution < -0.4 is 20.1 Å². The predicted molar refractivity (Wildman–Crippen MR) is 144 cm³/mol. The van der Waals surface area contributed by atoms with Gasteiger partial charge in [-0.05, 0) is 29.8 Å². The summed E-state index contributed by atoms with van der Waals surface area (Å²) >= 11 is 6.41. The minimum absolute atomic E-state index is 0.0476. The number of nitrogens with one attached hydrogen (secondary N) is 2. The zero-order chi connectivity index (χ0) is 29.3. The number of nitrogens with zero attached hydrogens (tertiary/aromatic N) is 3. The minimum Gasteiger partial charge on any atom is -0.497 e. The molecule has 2 N–H and O–H groups in total. The first-order valence-electron chi connectivity index (χ1n) is 12.1. The largest absolute Gasteiger partial charge is 0.497 e. The second kappa shape index (κ2) is 11.0. The first kappa shape index (κ1) is 27.8. The van der Waals surface area contributed by atoms with Crippen LogP contribution in [0.3, 0.4) is 0 Å². The third-order valence-corrected chi connectivity index (χ3v) is 6.73. The van der Waals surface area contributed by atoms with Crippen LogP contribution >= 0.6 is 11.6 Å². The molecule has 0 bridgehead atoms. The lowest BCUT2D eigenvalue weighted by Gasteiger charge is -2.33. The average Bonchev–Trinajstić information content (AvgIpc) is 3.28. The lowest BCUT2D eigenvalue weighted by atomic mass is 9.97. The van der Waals surface area contributed by atoms with Crippen molar-refractivity contribution in [3.8, 4) is 17.2 Å². The van der Waals surface area contributed by atoms with Crippen LogP contribution in [0, 0.1) is 10.1 Å². The molecule has 5 rings (SSSR count). The van der Waals surface area contributed by atoms with Gasteiger partial charge in [0, 0.05) is 18.6 Å². The van der Waals surface area contributed by atoms with E-state index >= 15 is 0 Å². The first-order chi connectivity index (χ1) is 19.5. The number of alkyl halides is 3. The van der Waals surface area contributed by atoms with Crippen LogP contribution in [0.5, 0.6) is 17.2 Å². The standard InChI is InChI=1S/C27H21ClF3N5O5/c1-40-18-9-7-15(8-10-18)21-14-22(27(29,30)31)35-25(33-21)23(28)24(34-35)26(37)32-16-11-17(36(38)39)13-20(12-16)41-19-5-3-2-4-6-19/h2-13,21-22,33H,14H2,1H3,(H,32,37)/t21-,22-/m0/s1. The Morgan fingerprint density at radius 1 is 1.10 bits per heavy atom. The Morgan fingerprint density at radius 3 is 2.44 bits per heavy atom. The molecule has 41 heavy (non-hydrogen) atoms. The number of fused-ring (bicyclic) bond motifs is 1. The Balaban J connectivity index is 1.45. The number of methoxy groups -OCH3 is 1. The number of halogens is 4. The second-order valence-corrected chi connectivity index (χ2v) is 9.44. The van der Waals surface area contributed by atoms with Crippen LogP contribution in [-0.2, 0) is 0 Å². The Bertz CT molecular complexity index is 1600. The number of carbonyl (C=O) groups is 1. The van der Waals surface area contributed by atoms with Crippen molar-refractivity contribution in [3.63, 3.8) is 0 Å². The molecule has 4 aromatic rings. The van der Waals surface area contributed by atoms with E-state index in [0.717, 1.165) is 6.07 Å². The molecule has 1 amide bonds. The van der Waals surface area contributed by atoms with Gasteiger partial charge in [-0.15, -0.1) is 0 Å². The molecule has 0 aliphatic carbocycles. The summed E-state index contributed by atoms with van der Waals surface area (Å²) < 4.78 is 53.8. The zero-order valence-electron chi connectivity index (χ0n) is 21.2. The fourth-order valence-electron chi connectivity index (χ4n) is 4.42. The zero-order valence-corrected chi connectivity index (χ0v) is 21.9. The maximum Gasteiger partial charge on any atom is 0.410 e. The smallest absolute Gasteiger partial charge is 0.410 e. The number of anilines is 2. The molecule has 1 aliphatic rings. The van der Waals surface area contributed by atoms with Crippen molar-refractivity contribution in [2.75, 3.05) is 17.7 Å². The summed E-state index contributed by atoms with van der Waals surface area (Å²) in [6, 6.07) is 15.7. The lowest BCUT2D eigenvalue weighted by molar-refractivity contribution is -0.384. The molecule has 2 atom stereocenters. The van der Waals surface area contributed by atoms with Gasteiger partial charge < -0.3 is 20.1 Å². The van der Waals surface area contributed by atoms with Gasteiger partial charge in [-0.25, -0.2) is 4.68 Å². The summed E-state index contributed by atoms with van der Waals surface area (Å²) in [4.78, 5) is 24.0. The van der Waals surface area contributed by atoms with Gasteiger partial charge in [0.25, 0.3) is 11.6 Å². The van der Waals surface area contributed by atoms with Crippen molar-refractivity contribution in [1.29, 1.82) is 0 Å². The third kappa shape index (κ3) is 5.89. The van der Waals surface area contributed by atoms with E-state index in [9.17, 15) is 28.1 Å². The molecule has 10 nitrogen and oxygen atoms in total. The van der Waals surface area contributed by atoms with Gasteiger partial charge in [0.15, 0.2) is 11.7 Å². The van der Waals surface area contributed by atoms with Gasteiger partial charge >= 0.3 is 6.18 Å². The van der Waals surface area contributed by atoms with E-state index in [2.05, 4.69) is 15.7 Å². The number of nitro benzene ring substituents is 1. The highest BCUT2D eigenvalue weighted by atomic mass is 35.5. The van der Waals surface area contributed by atoms with E-state index in [1.165, 1.54) is 19.2 Å². The van der Waals surface area contributed by atoms with E-state index in [1.54, 1.807) is 54.6 Å². The molecule has 1 aliphatic heterocycles. The average molecular weight is 588 g/mol. The van der Waals surface area contributed by atoms with Gasteiger partial charge in [-0.2, -0.15) is 18.3 Å². The third-order valence-electron chi connectivity index (χ3n) is 6.37. The van der Waals surface area contributed by atoms with Gasteiger partial charge in [0.2, 0.25) is 0 Å². The topological polar surface area (TPSA) is 121 Å². The van der Waals surface area contributed by atoms with Gasteiger partial charge in [0.05, 0.1) is 29.8 Å². The van der Waals surface area contributed by atoms with Gasteiger partial charge in [0.1, 0.15) is 28.1 Å². The number of ether oxygens (including phenoxy) is 2. The molecular weight excluding hydrogens is 567 g/mol. The van der Waals surface area contributed by atoms with Crippen LogP contribution in [0.1, 0.15) is 34.6 Å². The SMILES string of the molecule is COc1ccc([C@@H]2C[C@@H](C(F)(F)F)n3nc(C(=O)Nc4cc(Oc5ccccc5)cc([N+](=O)[O-])c4)c(Cl)c3N2)cc1. The van der Waals surface area contributed by atoms with Crippen LogP contribution in [0.15, 0.2) is 72.8 Å². The van der Waals surface area contributed by atoms with E-state index in [0.29, 0.717) is 21.7 Å². The normalized spacial score (nSPS) is 16.3. The molecule has 0 spiro atoms. The Hall–Kier alpha value is -4.78. The highest BCUT2D eigenvalue weighted by molar-refractivity contribution is 6.36. The summed E-state index contributed by atoms with van der Waals surface area (Å²) in [6.45, 7) is 0. The van der Waals surface area contributed by atoms with Crippen molar-refractivity contribution >= 4 is 34.7 Å². The summed E-state index contributed by atoms with van der Waals surface area (Å²) in [5.74, 6) is -0.162. The number of hydrogen-bond acceptors (Lipinski definition) is 7. The predicted octanol–water partition coefficient (Wildman–Crippen LogP) is 7.16. The molecule has 3 aromatic carbocycles. The Labute approximate surface area is 235 Å². The van der Waals surface area contributed by atoms with Crippen molar-refractivity contribution in [2.24, 2.45) is 0 Å². The quantitative estimate of drug-likeness (QED) is 0.174. The summed E-state index contributed by atoms with van der Waals surface area (Å²) in [5, 5.41) is 20.5. The Kier molecular flexibility index (Phi) is 7.45. The molecule has 1 aromatic heterocycles. The monoisotopic (exact) mass is 587 g/mol. The molecule has 0 unspecified atom stereocenters. The molecule has 0 radical (unpaired) electrons. The van der Waals surface area contributed by atoms with Gasteiger partial charge in [-0.3, -0.25) is 14.9 Å². The van der Waals surface area contributed by atoms with Gasteiger partial charge in [-0.1, -0.05) is 41.9 Å². The maximum absolute atomic E-state index is 14.1. The number of benzene rings is 3. The van der Waals surface area contributed by atoms with Crippen LogP contribution in [0.25, 0.3) is 0 Å². The van der Waals surface area contributed by atoms with E-state index < -0.39 is 41.2 Å². The summed E-state index contributed by atoms with van der Waals surface area (Å²) in [5.41, 5.74) is -0.369. The van der Waals surface area contributed by atoms with Crippen molar-refractivity contribution in [3.05, 3.63) is 99.2 Å². The lowest BCUT2D eigenvalue weighted by Crippen LogP contribution is -2.35. The summed E-state index contributed by atoms with van der Waals surface area (Å²) in [7, 11) is 1.48. The molecule has 2 heterocycles. The number of hydrogen-bond donors (Lipinski definition) is 2. The Morgan fingerprint density at radius 2 is 1.80 bits per heavy atom. The van der Waals surface area contributed by atoms with E-state index in [1.807, 2.05) is 0 Å². The number of amides is 1. The molecule has 0 fully saturated rings. The number of non-ortho nitro benzene ring substituents is 1. The number of para-hydroxylation sites is 1. The number of rotatable bonds is 7. The highest BCUT2D eigenvalue weighted by Gasteiger charge is 2.48. The number of carbonyl (C=O) groups excluding carboxylic acids is 1. The molecule has 14 heteroatoms. The van der Waals surface area contributed by atoms with E-state index in [4.69, 9.17) is 21.1 Å². The van der Waals surface area contributed by atoms with Crippen molar-refractivity contribution in [1.82, 2.24) is 9.78 Å². The van der Waals surface area contributed by atoms with Crippen LogP contribution in [0.4, 0.5) is 30.4 Å². The second-order valence-electron chi connectivity index (χ2n) is 9.06. The maximum atomic E-state index is 14.1. The van der Waals surface area contributed by atoms with Crippen molar-refractivity contribution < 1.29 is 32.4 Å². The fourth-order valence-corrected chi connectivity index (χ4v) is 4.69. The first-order valence-corrected chi connectivity index (χ1v) is 12.5. The van der Waals surface area contributed by atoms with Crippen LogP contribution in [-0.4, -0.2) is 33.9 Å². The fraction of sp³-hybridized carbons (Fsp3) is 0.185. The summed E-state index contributed by atoms with van der Waals surface area (Å²) in [6.07, 6.45) is -5.11. The van der Waals surface area contributed by atoms with Crippen molar-refractivity contribution in [2.45, 2.75) is 24.7 Å². The molecular formula is C27H21ClF3N5O5. The highest BCUT2D eigenvalue weighted by Crippen LogP contribution is 2.46. The molecule has 212 valence electrons. The molecule has 0 saturated carbocycles. The number of aromatic nitrogens is 2. The van der Waals surface area contributed by atoms with Crippen LogP contribution in [0.2, 0.25) is 5.02 Å². The van der Waals surface area contributed by atoms with E-state index in [-0.39, 0.29) is 28.0 Å². The minimum atomic E-state index is -4.70. The number of nitro groups is 1. The molecule has 0 saturated heterocycles.